The Morgan fingerprint density at radius 1 is 0.913 bits per heavy atom. The summed E-state index contributed by atoms with van der Waals surface area (Å²) in [6, 6.07) is 12.6. The van der Waals surface area contributed by atoms with Gasteiger partial charge in [0.2, 0.25) is 17.7 Å². The fourth-order valence-corrected chi connectivity index (χ4v) is 5.03. The van der Waals surface area contributed by atoms with Gasteiger partial charge < -0.3 is 30.2 Å². The number of amides is 4. The monoisotopic (exact) mass is 636 g/mol. The molecule has 2 aromatic rings. The highest BCUT2D eigenvalue weighted by Gasteiger charge is 2.50. The van der Waals surface area contributed by atoms with E-state index in [1.165, 1.54) is 11.8 Å². The van der Waals surface area contributed by atoms with Gasteiger partial charge in [-0.1, -0.05) is 42.5 Å². The molecule has 2 fully saturated rings. The van der Waals surface area contributed by atoms with E-state index in [0.717, 1.165) is 11.1 Å². The van der Waals surface area contributed by atoms with E-state index >= 15 is 0 Å². The summed E-state index contributed by atoms with van der Waals surface area (Å²) in [5, 5.41) is 8.27. The van der Waals surface area contributed by atoms with Crippen LogP contribution in [0.15, 0.2) is 54.6 Å². The van der Waals surface area contributed by atoms with Crippen molar-refractivity contribution in [2.45, 2.75) is 89.3 Å². The first-order valence-electron chi connectivity index (χ1n) is 15.4. The second kappa shape index (κ2) is 14.3. The van der Waals surface area contributed by atoms with Crippen molar-refractivity contribution in [3.8, 4) is 5.75 Å². The van der Waals surface area contributed by atoms with Crippen LogP contribution in [0.1, 0.15) is 52.2 Å². The Kier molecular flexibility index (Phi) is 10.7. The number of carbonyl (C=O) groups excluding carboxylic acids is 5. The highest BCUT2D eigenvalue weighted by Crippen LogP contribution is 2.29. The lowest BCUT2D eigenvalue weighted by Crippen LogP contribution is -2.62. The zero-order valence-electron chi connectivity index (χ0n) is 27.3. The predicted octanol–water partition coefficient (Wildman–Crippen LogP) is 2.32. The number of ether oxygens (including phenoxy) is 3. The number of rotatable bonds is 13. The maximum atomic E-state index is 13.8. The van der Waals surface area contributed by atoms with Crippen molar-refractivity contribution in [3.63, 3.8) is 0 Å². The minimum atomic E-state index is -1.08. The molecular formula is C34H44N4O8. The number of hydrogen-bond donors (Lipinski definition) is 3. The zero-order valence-corrected chi connectivity index (χ0v) is 27.3. The molecule has 12 heteroatoms. The predicted molar refractivity (Wildman–Crippen MR) is 169 cm³/mol. The molecule has 248 valence electrons. The third kappa shape index (κ3) is 9.06. The van der Waals surface area contributed by atoms with E-state index in [1.54, 1.807) is 59.1 Å². The van der Waals surface area contributed by atoms with Crippen LogP contribution in [-0.2, 0) is 41.5 Å². The Morgan fingerprint density at radius 3 is 2.04 bits per heavy atom. The van der Waals surface area contributed by atoms with Gasteiger partial charge in [-0.3, -0.25) is 24.1 Å². The average molecular weight is 637 g/mol. The molecule has 2 aromatic carbocycles. The zero-order chi connectivity index (χ0) is 33.6. The maximum absolute atomic E-state index is 13.8. The van der Waals surface area contributed by atoms with Crippen molar-refractivity contribution < 1.29 is 38.2 Å². The largest absolute Gasteiger partial charge is 0.497 e. The number of epoxide rings is 1. The first kappa shape index (κ1) is 34.4. The number of methoxy groups -OCH3 is 1. The van der Waals surface area contributed by atoms with Gasteiger partial charge in [-0.05, 0) is 70.7 Å². The molecule has 2 aliphatic heterocycles. The third-order valence-electron chi connectivity index (χ3n) is 7.95. The van der Waals surface area contributed by atoms with E-state index in [4.69, 9.17) is 14.2 Å². The van der Waals surface area contributed by atoms with Crippen molar-refractivity contribution in [2.24, 2.45) is 0 Å². The van der Waals surface area contributed by atoms with Crippen molar-refractivity contribution in [2.75, 3.05) is 20.3 Å². The summed E-state index contributed by atoms with van der Waals surface area (Å²) in [4.78, 5) is 67.4. The van der Waals surface area contributed by atoms with Crippen LogP contribution in [0, 0.1) is 0 Å². The number of benzene rings is 2. The van der Waals surface area contributed by atoms with Crippen LogP contribution in [-0.4, -0.2) is 90.1 Å². The van der Waals surface area contributed by atoms with E-state index < -0.39 is 59.2 Å². The number of likely N-dealkylation sites (tertiary alicyclic amines) is 1. The van der Waals surface area contributed by atoms with Gasteiger partial charge in [-0.2, -0.15) is 0 Å². The maximum Gasteiger partial charge on any atom is 0.410 e. The SMILES string of the molecule is COc1ccc(CC(NC(=O)C(C)NC(=O)C2CCN2C(=O)OC(C)(C)C)C(=O)NC(Cc2ccccc2)C(=O)C2(C)CO2)cc1. The average Bonchev–Trinajstić information content (AvgIpc) is 3.73. The third-order valence-corrected chi connectivity index (χ3v) is 7.95. The van der Waals surface area contributed by atoms with Gasteiger partial charge >= 0.3 is 6.09 Å². The molecule has 5 atom stereocenters. The van der Waals surface area contributed by atoms with Gasteiger partial charge in [-0.15, -0.1) is 0 Å². The van der Waals surface area contributed by atoms with Gasteiger partial charge in [0.15, 0.2) is 5.78 Å². The van der Waals surface area contributed by atoms with Crippen molar-refractivity contribution >= 4 is 29.6 Å². The van der Waals surface area contributed by atoms with E-state index in [9.17, 15) is 24.0 Å². The molecule has 4 amide bonds. The van der Waals surface area contributed by atoms with Crippen LogP contribution >= 0.6 is 0 Å². The Morgan fingerprint density at radius 2 is 1.50 bits per heavy atom. The number of Topliss-reactive ketones (excluding diaryl/α,β-unsaturated/α-hetero) is 1. The fourth-order valence-electron chi connectivity index (χ4n) is 5.03. The lowest BCUT2D eigenvalue weighted by molar-refractivity contribution is -0.136. The molecule has 4 rings (SSSR count). The van der Waals surface area contributed by atoms with Crippen LogP contribution in [0.3, 0.4) is 0 Å². The molecular weight excluding hydrogens is 592 g/mol. The van der Waals surface area contributed by atoms with Gasteiger partial charge in [0.05, 0.1) is 19.8 Å². The molecule has 0 saturated carbocycles. The number of ketones is 1. The highest BCUT2D eigenvalue weighted by atomic mass is 16.6. The van der Waals surface area contributed by atoms with Gasteiger partial charge in [0.25, 0.3) is 0 Å². The number of carbonyl (C=O) groups is 5. The Labute approximate surface area is 269 Å². The van der Waals surface area contributed by atoms with Gasteiger partial charge in [-0.25, -0.2) is 4.79 Å². The summed E-state index contributed by atoms with van der Waals surface area (Å²) >= 11 is 0. The van der Waals surface area contributed by atoms with E-state index in [0.29, 0.717) is 18.7 Å². The van der Waals surface area contributed by atoms with Crippen LogP contribution in [0.5, 0.6) is 5.75 Å². The molecule has 0 radical (unpaired) electrons. The molecule has 2 aliphatic rings. The minimum absolute atomic E-state index is 0.108. The lowest BCUT2D eigenvalue weighted by atomic mass is 9.94. The molecule has 12 nitrogen and oxygen atoms in total. The highest BCUT2D eigenvalue weighted by molar-refractivity contribution is 5.99. The summed E-state index contributed by atoms with van der Waals surface area (Å²) in [5.74, 6) is -1.28. The fraction of sp³-hybridized carbons (Fsp3) is 0.500. The second-order valence-corrected chi connectivity index (χ2v) is 13.0. The normalized spacial score (nSPS) is 20.7. The summed E-state index contributed by atoms with van der Waals surface area (Å²) < 4.78 is 16.0. The minimum Gasteiger partial charge on any atom is -0.497 e. The Hall–Kier alpha value is -4.45. The summed E-state index contributed by atoms with van der Waals surface area (Å²) in [6.07, 6.45) is 0.186. The Bertz CT molecular complexity index is 1420. The quantitative estimate of drug-likeness (QED) is 0.283. The first-order valence-corrected chi connectivity index (χ1v) is 15.4. The summed E-state index contributed by atoms with van der Waals surface area (Å²) in [7, 11) is 1.55. The molecule has 2 heterocycles. The smallest absolute Gasteiger partial charge is 0.410 e. The number of nitrogens with zero attached hydrogens (tertiary/aromatic N) is 1. The Balaban J connectivity index is 1.46. The van der Waals surface area contributed by atoms with Gasteiger partial charge in [0, 0.05) is 13.0 Å². The molecule has 46 heavy (non-hydrogen) atoms. The van der Waals surface area contributed by atoms with Crippen LogP contribution in [0.4, 0.5) is 4.79 Å². The van der Waals surface area contributed by atoms with Crippen LogP contribution in [0.2, 0.25) is 0 Å². The number of hydrogen-bond acceptors (Lipinski definition) is 8. The second-order valence-electron chi connectivity index (χ2n) is 13.0. The molecule has 5 unspecified atom stereocenters. The van der Waals surface area contributed by atoms with Crippen molar-refractivity contribution in [1.82, 2.24) is 20.9 Å². The summed E-state index contributed by atoms with van der Waals surface area (Å²) in [6.45, 7) is 9.04. The molecule has 0 spiro atoms. The standard InChI is InChI=1S/C34H44N4O8/c1-21(35-31(42)27-16-17-38(27)32(43)46-33(2,3)4)29(40)37-26(19-23-12-14-24(44-6)15-13-23)30(41)36-25(28(39)34(5)20-45-34)18-22-10-8-7-9-11-22/h7-15,21,25-27H,16-20H2,1-6H3,(H,35,42)(H,36,41)(H,37,40). The van der Waals surface area contributed by atoms with Crippen LogP contribution in [0.25, 0.3) is 0 Å². The van der Waals surface area contributed by atoms with Crippen LogP contribution < -0.4 is 20.7 Å². The molecule has 0 aromatic heterocycles. The summed E-state index contributed by atoms with van der Waals surface area (Å²) in [5.41, 5.74) is -0.0959. The molecule has 0 bridgehead atoms. The lowest BCUT2D eigenvalue weighted by Gasteiger charge is -2.40. The topological polar surface area (TPSA) is 156 Å². The van der Waals surface area contributed by atoms with E-state index in [-0.39, 0.29) is 25.2 Å². The molecule has 3 N–H and O–H groups in total. The molecule has 0 aliphatic carbocycles. The first-order chi connectivity index (χ1) is 21.7. The van der Waals surface area contributed by atoms with E-state index in [2.05, 4.69) is 16.0 Å². The van der Waals surface area contributed by atoms with Gasteiger partial charge in [0.1, 0.15) is 35.1 Å². The van der Waals surface area contributed by atoms with E-state index in [1.807, 2.05) is 30.3 Å². The number of nitrogens with one attached hydrogen (secondary N) is 3. The van der Waals surface area contributed by atoms with Crippen molar-refractivity contribution in [3.05, 3.63) is 65.7 Å². The molecule has 2 saturated heterocycles. The van der Waals surface area contributed by atoms with Crippen molar-refractivity contribution in [1.29, 1.82) is 0 Å².